The Morgan fingerprint density at radius 2 is 1.96 bits per heavy atom. The Kier molecular flexibility index (Phi) is 5.27. The summed E-state index contributed by atoms with van der Waals surface area (Å²) in [5.74, 6) is 1.28. The lowest BCUT2D eigenvalue weighted by atomic mass is 9.98. The van der Waals surface area contributed by atoms with E-state index in [1.165, 1.54) is 0 Å². The van der Waals surface area contributed by atoms with Crippen molar-refractivity contribution in [3.05, 3.63) is 35.6 Å². The molecular formula is C18H25NO4S. The van der Waals surface area contributed by atoms with Gasteiger partial charge in [-0.3, -0.25) is 0 Å². The molecule has 0 radical (unpaired) electrons. The number of hydrogen-bond acceptors (Lipinski definition) is 4. The molecule has 1 aromatic heterocycles. The monoisotopic (exact) mass is 351 g/mol. The Labute approximate surface area is 143 Å². The zero-order valence-electron chi connectivity index (χ0n) is 14.2. The van der Waals surface area contributed by atoms with Crippen molar-refractivity contribution in [3.63, 3.8) is 0 Å². The lowest BCUT2D eigenvalue weighted by Gasteiger charge is -2.22. The van der Waals surface area contributed by atoms with Crippen LogP contribution in [0, 0.1) is 12.8 Å². The van der Waals surface area contributed by atoms with Gasteiger partial charge >= 0.3 is 0 Å². The van der Waals surface area contributed by atoms with Crippen molar-refractivity contribution in [2.24, 2.45) is 5.92 Å². The third-order valence-electron chi connectivity index (χ3n) is 4.77. The van der Waals surface area contributed by atoms with Gasteiger partial charge in [0.25, 0.3) is 0 Å². The quantitative estimate of drug-likeness (QED) is 0.864. The molecule has 1 aromatic carbocycles. The molecule has 0 saturated carbocycles. The van der Waals surface area contributed by atoms with Crippen molar-refractivity contribution in [2.45, 2.75) is 39.2 Å². The van der Waals surface area contributed by atoms with Crippen molar-refractivity contribution in [3.8, 4) is 0 Å². The average molecular weight is 351 g/mol. The highest BCUT2D eigenvalue weighted by molar-refractivity contribution is 7.89. The summed E-state index contributed by atoms with van der Waals surface area (Å²) in [7, 11) is -3.33. The van der Waals surface area contributed by atoms with Crippen LogP contribution in [-0.2, 0) is 14.8 Å². The Hall–Kier alpha value is -1.37. The number of hydrogen-bond donors (Lipinski definition) is 1. The molecule has 24 heavy (non-hydrogen) atoms. The first-order chi connectivity index (χ1) is 11.5. The van der Waals surface area contributed by atoms with Crippen LogP contribution >= 0.6 is 0 Å². The van der Waals surface area contributed by atoms with E-state index >= 15 is 0 Å². The molecule has 1 saturated heterocycles. The Morgan fingerprint density at radius 1 is 1.25 bits per heavy atom. The molecule has 3 rings (SSSR count). The van der Waals surface area contributed by atoms with Crippen LogP contribution in [0.25, 0.3) is 11.0 Å². The molecule has 0 unspecified atom stereocenters. The van der Waals surface area contributed by atoms with Crippen LogP contribution in [0.1, 0.15) is 43.6 Å². The van der Waals surface area contributed by atoms with Gasteiger partial charge in [-0.25, -0.2) is 13.1 Å². The zero-order valence-corrected chi connectivity index (χ0v) is 15.1. The Balaban J connectivity index is 1.65. The molecule has 0 spiro atoms. The third kappa shape index (κ3) is 3.99. The van der Waals surface area contributed by atoms with Crippen LogP contribution in [0.2, 0.25) is 0 Å². The molecule has 1 aliphatic rings. The standard InChI is InChI=1S/C18H25NO4S/c1-13-16-5-3-4-6-17(16)23-18(13)14(2)19-24(20,21)12-9-15-7-10-22-11-8-15/h3-6,14-15,19H,7-12H2,1-2H3/t14-/m0/s1. The van der Waals surface area contributed by atoms with Gasteiger partial charge in [-0.05, 0) is 45.1 Å². The number of rotatable bonds is 6. The molecular weight excluding hydrogens is 326 g/mol. The number of fused-ring (bicyclic) bond motifs is 1. The summed E-state index contributed by atoms with van der Waals surface area (Å²) < 4.78 is 38.7. The summed E-state index contributed by atoms with van der Waals surface area (Å²) in [5.41, 5.74) is 1.78. The summed E-state index contributed by atoms with van der Waals surface area (Å²) in [6.07, 6.45) is 2.59. The number of ether oxygens (including phenoxy) is 1. The number of furan rings is 1. The number of nitrogens with one attached hydrogen (secondary N) is 1. The minimum atomic E-state index is -3.33. The van der Waals surface area contributed by atoms with E-state index in [0.29, 0.717) is 18.1 Å². The first kappa shape index (κ1) is 17.5. The highest BCUT2D eigenvalue weighted by Crippen LogP contribution is 2.29. The number of para-hydroxylation sites is 1. The Bertz CT molecular complexity index is 790. The van der Waals surface area contributed by atoms with Crippen molar-refractivity contribution < 1.29 is 17.6 Å². The van der Waals surface area contributed by atoms with Gasteiger partial charge in [-0.15, -0.1) is 0 Å². The molecule has 1 atom stereocenters. The molecule has 0 aliphatic carbocycles. The molecule has 1 aliphatic heterocycles. The molecule has 0 bridgehead atoms. The smallest absolute Gasteiger partial charge is 0.212 e. The highest BCUT2D eigenvalue weighted by Gasteiger charge is 2.23. The first-order valence-electron chi connectivity index (χ1n) is 8.52. The van der Waals surface area contributed by atoms with Crippen LogP contribution in [0.15, 0.2) is 28.7 Å². The van der Waals surface area contributed by atoms with Gasteiger partial charge in [0.05, 0.1) is 11.8 Å². The number of aryl methyl sites for hydroxylation is 1. The first-order valence-corrected chi connectivity index (χ1v) is 10.2. The molecule has 132 valence electrons. The van der Waals surface area contributed by atoms with Gasteiger partial charge in [0, 0.05) is 24.2 Å². The van der Waals surface area contributed by atoms with E-state index in [4.69, 9.17) is 9.15 Å². The maximum atomic E-state index is 12.4. The molecule has 5 nitrogen and oxygen atoms in total. The van der Waals surface area contributed by atoms with Crippen LogP contribution in [0.5, 0.6) is 0 Å². The molecule has 2 heterocycles. The van der Waals surface area contributed by atoms with Crippen LogP contribution < -0.4 is 4.72 Å². The minimum absolute atomic E-state index is 0.154. The lowest BCUT2D eigenvalue weighted by Crippen LogP contribution is -2.30. The lowest BCUT2D eigenvalue weighted by molar-refractivity contribution is 0.0655. The van der Waals surface area contributed by atoms with Gasteiger partial charge in [-0.2, -0.15) is 0 Å². The second kappa shape index (κ2) is 7.25. The van der Waals surface area contributed by atoms with E-state index in [-0.39, 0.29) is 11.8 Å². The van der Waals surface area contributed by atoms with E-state index < -0.39 is 10.0 Å². The van der Waals surface area contributed by atoms with Gasteiger partial charge in [0.1, 0.15) is 11.3 Å². The molecule has 0 amide bonds. The summed E-state index contributed by atoms with van der Waals surface area (Å²) >= 11 is 0. The second-order valence-electron chi connectivity index (χ2n) is 6.59. The molecule has 1 fully saturated rings. The van der Waals surface area contributed by atoms with Gasteiger partial charge in [0.15, 0.2) is 0 Å². The van der Waals surface area contributed by atoms with E-state index in [0.717, 1.165) is 42.6 Å². The summed E-state index contributed by atoms with van der Waals surface area (Å²) in [6, 6.07) is 7.38. The number of sulfonamides is 1. The van der Waals surface area contributed by atoms with Crippen LogP contribution in [-0.4, -0.2) is 27.4 Å². The van der Waals surface area contributed by atoms with Crippen molar-refractivity contribution in [2.75, 3.05) is 19.0 Å². The third-order valence-corrected chi connectivity index (χ3v) is 6.25. The van der Waals surface area contributed by atoms with E-state index in [2.05, 4.69) is 4.72 Å². The highest BCUT2D eigenvalue weighted by atomic mass is 32.2. The van der Waals surface area contributed by atoms with Gasteiger partial charge in [0.2, 0.25) is 10.0 Å². The Morgan fingerprint density at radius 3 is 2.67 bits per heavy atom. The average Bonchev–Trinajstić information content (AvgIpc) is 2.91. The fourth-order valence-corrected chi connectivity index (χ4v) is 4.75. The summed E-state index contributed by atoms with van der Waals surface area (Å²) in [6.45, 7) is 5.28. The van der Waals surface area contributed by atoms with Crippen molar-refractivity contribution >= 4 is 21.0 Å². The maximum absolute atomic E-state index is 12.4. The molecule has 2 aromatic rings. The second-order valence-corrected chi connectivity index (χ2v) is 8.46. The normalized spacial score (nSPS) is 18.1. The summed E-state index contributed by atoms with van der Waals surface area (Å²) in [4.78, 5) is 0. The molecule has 1 N–H and O–H groups in total. The molecule has 6 heteroatoms. The fraction of sp³-hybridized carbons (Fsp3) is 0.556. The largest absolute Gasteiger partial charge is 0.459 e. The van der Waals surface area contributed by atoms with Crippen molar-refractivity contribution in [1.82, 2.24) is 4.72 Å². The predicted molar refractivity (Wildman–Crippen MR) is 94.4 cm³/mol. The van der Waals surface area contributed by atoms with Gasteiger partial charge in [-0.1, -0.05) is 18.2 Å². The maximum Gasteiger partial charge on any atom is 0.212 e. The zero-order chi connectivity index (χ0) is 17.2. The topological polar surface area (TPSA) is 68.5 Å². The van der Waals surface area contributed by atoms with Crippen molar-refractivity contribution in [1.29, 1.82) is 0 Å². The minimum Gasteiger partial charge on any atom is -0.459 e. The van der Waals surface area contributed by atoms with E-state index in [1.54, 1.807) is 0 Å². The van der Waals surface area contributed by atoms with E-state index in [9.17, 15) is 8.42 Å². The predicted octanol–water partition coefficient (Wildman–Crippen LogP) is 3.54. The van der Waals surface area contributed by atoms with Crippen LogP contribution in [0.3, 0.4) is 0 Å². The summed E-state index contributed by atoms with van der Waals surface area (Å²) in [5, 5.41) is 1.03. The SMILES string of the molecule is Cc1c([C@H](C)NS(=O)(=O)CCC2CCOCC2)oc2ccccc12. The number of benzene rings is 1. The van der Waals surface area contributed by atoms with Gasteiger partial charge < -0.3 is 9.15 Å². The van der Waals surface area contributed by atoms with Crippen LogP contribution in [0.4, 0.5) is 0 Å². The fourth-order valence-electron chi connectivity index (χ4n) is 3.35. The van der Waals surface area contributed by atoms with E-state index in [1.807, 2.05) is 38.1 Å².